The third-order valence-electron chi connectivity index (χ3n) is 3.62. The largest absolute Gasteiger partial charge is 0.351 e. The molecule has 2 aromatic carbocycles. The van der Waals surface area contributed by atoms with Crippen molar-refractivity contribution >= 4 is 51.6 Å². The van der Waals surface area contributed by atoms with Gasteiger partial charge in [0.2, 0.25) is 0 Å². The Morgan fingerprint density at radius 2 is 1.88 bits per heavy atom. The molecule has 3 aromatic rings. The first-order valence-electron chi connectivity index (χ1n) is 7.05. The van der Waals surface area contributed by atoms with E-state index in [9.17, 15) is 9.59 Å². The number of hydrogen-bond acceptors (Lipinski definition) is 2. The van der Waals surface area contributed by atoms with Crippen LogP contribution in [0.4, 0.5) is 10.5 Å². The van der Waals surface area contributed by atoms with E-state index >= 15 is 0 Å². The zero-order valence-electron chi connectivity index (χ0n) is 12.6. The first-order chi connectivity index (χ1) is 11.4. The second-order valence-corrected chi connectivity index (χ2v) is 6.13. The number of benzene rings is 2. The second-order valence-electron chi connectivity index (χ2n) is 5.29. The van der Waals surface area contributed by atoms with Gasteiger partial charge in [0.25, 0.3) is 0 Å². The monoisotopic (exact) mass is 361 g/mol. The highest BCUT2D eigenvalue weighted by atomic mass is 35.5. The van der Waals surface area contributed by atoms with Crippen molar-refractivity contribution in [2.45, 2.75) is 6.92 Å². The van der Waals surface area contributed by atoms with Crippen molar-refractivity contribution in [3.05, 3.63) is 58.2 Å². The number of hydrogen-bond donors (Lipinski definition) is 2. The van der Waals surface area contributed by atoms with E-state index in [4.69, 9.17) is 28.9 Å². The van der Waals surface area contributed by atoms with Gasteiger partial charge in [-0.1, -0.05) is 29.3 Å². The minimum atomic E-state index is -0.670. The number of nitrogens with one attached hydrogen (secondary N) is 1. The van der Waals surface area contributed by atoms with Crippen LogP contribution in [0.3, 0.4) is 0 Å². The van der Waals surface area contributed by atoms with E-state index in [2.05, 4.69) is 5.32 Å². The van der Waals surface area contributed by atoms with Crippen LogP contribution < -0.4 is 11.1 Å². The van der Waals surface area contributed by atoms with Crippen LogP contribution in [0.15, 0.2) is 42.6 Å². The van der Waals surface area contributed by atoms with Gasteiger partial charge in [0.05, 0.1) is 16.2 Å². The first-order valence-corrected chi connectivity index (χ1v) is 7.80. The third kappa shape index (κ3) is 2.96. The second kappa shape index (κ2) is 6.19. The molecule has 0 saturated carbocycles. The maximum atomic E-state index is 11.9. The molecule has 0 aliphatic heterocycles. The van der Waals surface area contributed by atoms with Crippen molar-refractivity contribution in [3.8, 4) is 5.69 Å². The van der Waals surface area contributed by atoms with Crippen molar-refractivity contribution in [2.75, 3.05) is 5.32 Å². The van der Waals surface area contributed by atoms with Crippen LogP contribution >= 0.6 is 23.2 Å². The molecule has 1 heterocycles. The van der Waals surface area contributed by atoms with Crippen molar-refractivity contribution < 1.29 is 9.59 Å². The van der Waals surface area contributed by atoms with Gasteiger partial charge in [-0.05, 0) is 37.3 Å². The number of carbonyl (C=O) groups excluding carboxylic acids is 2. The predicted molar refractivity (Wildman–Crippen MR) is 96.5 cm³/mol. The van der Waals surface area contributed by atoms with E-state index in [0.29, 0.717) is 27.0 Å². The minimum Gasteiger partial charge on any atom is -0.351 e. The Morgan fingerprint density at radius 3 is 2.50 bits per heavy atom. The molecule has 0 atom stereocenters. The van der Waals surface area contributed by atoms with Crippen LogP contribution in [0.25, 0.3) is 16.6 Å². The van der Waals surface area contributed by atoms with E-state index < -0.39 is 6.03 Å². The van der Waals surface area contributed by atoms with Gasteiger partial charge in [-0.3, -0.25) is 4.79 Å². The van der Waals surface area contributed by atoms with Gasteiger partial charge in [0.15, 0.2) is 5.78 Å². The quantitative estimate of drug-likeness (QED) is 0.667. The highest BCUT2D eigenvalue weighted by Crippen LogP contribution is 2.32. The lowest BCUT2D eigenvalue weighted by atomic mass is 10.1. The van der Waals surface area contributed by atoms with Gasteiger partial charge in [0, 0.05) is 27.9 Å². The summed E-state index contributed by atoms with van der Waals surface area (Å²) in [7, 11) is 0. The molecule has 122 valence electrons. The van der Waals surface area contributed by atoms with E-state index in [-0.39, 0.29) is 5.78 Å². The number of urea groups is 1. The average Bonchev–Trinajstić information content (AvgIpc) is 2.85. The molecular formula is C17H13Cl2N3O2. The van der Waals surface area contributed by atoms with Gasteiger partial charge in [0.1, 0.15) is 0 Å². The standard InChI is InChI=1S/C17H13Cl2N3O2/c1-9(23)13-8-22(16-6-10(18)2-4-12(13)16)15-5-3-11(7-14(15)19)21-17(20)24/h2-8H,1H3,(H3,20,21,24). The summed E-state index contributed by atoms with van der Waals surface area (Å²) in [5, 5.41) is 4.21. The summed E-state index contributed by atoms with van der Waals surface area (Å²) in [6, 6.07) is 9.65. The number of fused-ring (bicyclic) bond motifs is 1. The van der Waals surface area contributed by atoms with E-state index in [1.165, 1.54) is 6.92 Å². The molecule has 0 bridgehead atoms. The molecule has 2 amide bonds. The number of ketones is 1. The molecule has 0 saturated heterocycles. The number of aromatic nitrogens is 1. The Balaban J connectivity index is 2.21. The normalized spacial score (nSPS) is 10.8. The molecule has 0 radical (unpaired) electrons. The van der Waals surface area contributed by atoms with Gasteiger partial charge < -0.3 is 15.6 Å². The number of halogens is 2. The maximum Gasteiger partial charge on any atom is 0.316 e. The van der Waals surface area contributed by atoms with Crippen LogP contribution in [0, 0.1) is 0 Å². The lowest BCUT2D eigenvalue weighted by Gasteiger charge is -2.10. The molecule has 3 rings (SSSR count). The Labute approximate surface area is 148 Å². The van der Waals surface area contributed by atoms with Gasteiger partial charge >= 0.3 is 6.03 Å². The number of nitrogens with zero attached hydrogens (tertiary/aromatic N) is 1. The number of rotatable bonds is 3. The summed E-state index contributed by atoms with van der Waals surface area (Å²) >= 11 is 12.4. The fourth-order valence-electron chi connectivity index (χ4n) is 2.60. The molecule has 0 fully saturated rings. The lowest BCUT2D eigenvalue weighted by molar-refractivity contribution is 0.101. The topological polar surface area (TPSA) is 77.1 Å². The SMILES string of the molecule is CC(=O)c1cn(-c2ccc(NC(N)=O)cc2Cl)c2cc(Cl)ccc12. The molecule has 0 spiro atoms. The zero-order valence-corrected chi connectivity index (χ0v) is 14.2. The number of primary amides is 1. The van der Waals surface area contributed by atoms with Gasteiger partial charge in [-0.15, -0.1) is 0 Å². The third-order valence-corrected chi connectivity index (χ3v) is 4.16. The summed E-state index contributed by atoms with van der Waals surface area (Å²) < 4.78 is 1.80. The molecule has 3 N–H and O–H groups in total. The Morgan fingerprint density at radius 1 is 1.12 bits per heavy atom. The van der Waals surface area contributed by atoms with E-state index in [1.807, 2.05) is 6.07 Å². The summed E-state index contributed by atoms with van der Waals surface area (Å²) in [6.45, 7) is 1.51. The molecule has 0 unspecified atom stereocenters. The molecular weight excluding hydrogens is 349 g/mol. The van der Waals surface area contributed by atoms with Crippen LogP contribution in [-0.4, -0.2) is 16.4 Å². The van der Waals surface area contributed by atoms with Gasteiger partial charge in [-0.25, -0.2) is 4.79 Å². The summed E-state index contributed by atoms with van der Waals surface area (Å²) in [6.07, 6.45) is 1.73. The molecule has 1 aromatic heterocycles. The smallest absolute Gasteiger partial charge is 0.316 e. The van der Waals surface area contributed by atoms with E-state index in [1.54, 1.807) is 41.1 Å². The highest BCUT2D eigenvalue weighted by molar-refractivity contribution is 6.33. The molecule has 0 aliphatic carbocycles. The minimum absolute atomic E-state index is 0.0517. The van der Waals surface area contributed by atoms with Crippen LogP contribution in [0.1, 0.15) is 17.3 Å². The van der Waals surface area contributed by atoms with E-state index in [0.717, 1.165) is 10.9 Å². The molecule has 7 heteroatoms. The fourth-order valence-corrected chi connectivity index (χ4v) is 3.04. The van der Waals surface area contributed by atoms with Crippen molar-refractivity contribution in [2.24, 2.45) is 5.73 Å². The van der Waals surface area contributed by atoms with Crippen LogP contribution in [0.2, 0.25) is 10.0 Å². The fraction of sp³-hybridized carbons (Fsp3) is 0.0588. The van der Waals surface area contributed by atoms with Crippen molar-refractivity contribution in [3.63, 3.8) is 0 Å². The number of amides is 2. The Bertz CT molecular complexity index is 979. The number of nitrogens with two attached hydrogens (primary N) is 1. The average molecular weight is 362 g/mol. The summed E-state index contributed by atoms with van der Waals surface area (Å²) in [5.74, 6) is -0.0517. The predicted octanol–water partition coefficient (Wildman–Crippen LogP) is 4.63. The lowest BCUT2D eigenvalue weighted by Crippen LogP contribution is -2.19. The maximum absolute atomic E-state index is 11.9. The van der Waals surface area contributed by atoms with Crippen molar-refractivity contribution in [1.82, 2.24) is 4.57 Å². The molecule has 0 aliphatic rings. The Hall–Kier alpha value is -2.50. The Kier molecular flexibility index (Phi) is 4.22. The first kappa shape index (κ1) is 16.4. The van der Waals surface area contributed by atoms with Gasteiger partial charge in [-0.2, -0.15) is 0 Å². The number of Topliss-reactive ketones (excluding diaryl/α,β-unsaturated/α-hetero) is 1. The van der Waals surface area contributed by atoms with Crippen molar-refractivity contribution in [1.29, 1.82) is 0 Å². The summed E-state index contributed by atoms with van der Waals surface area (Å²) in [5.41, 5.74) is 7.59. The summed E-state index contributed by atoms with van der Waals surface area (Å²) in [4.78, 5) is 22.8. The van der Waals surface area contributed by atoms with Crippen LogP contribution in [0.5, 0.6) is 0 Å². The molecule has 5 nitrogen and oxygen atoms in total. The highest BCUT2D eigenvalue weighted by Gasteiger charge is 2.15. The zero-order chi connectivity index (χ0) is 17.4. The number of carbonyl (C=O) groups is 2. The molecule has 24 heavy (non-hydrogen) atoms. The number of anilines is 1. The van der Waals surface area contributed by atoms with Crippen LogP contribution in [-0.2, 0) is 0 Å².